The second-order valence-electron chi connectivity index (χ2n) is 4.85. The standard InChI is InChI=1S/C14H21N3O3/c18-8-9-20-16-14(19)15-13-6-7-17(11-13)10-12-4-2-1-3-5-12/h1-5,13,18H,6-11H2,(H2,15,16,19). The first kappa shape index (κ1) is 14.8. The molecular formula is C14H21N3O3. The number of hydrogen-bond acceptors (Lipinski definition) is 4. The molecule has 0 aliphatic carbocycles. The van der Waals surface area contributed by atoms with Gasteiger partial charge in [-0.15, -0.1) is 0 Å². The number of aliphatic hydroxyl groups is 1. The SMILES string of the molecule is O=C(NOCCO)NC1CCN(Cc2ccccc2)C1. The van der Waals surface area contributed by atoms with Gasteiger partial charge in [-0.1, -0.05) is 30.3 Å². The highest BCUT2D eigenvalue weighted by Gasteiger charge is 2.23. The molecule has 2 amide bonds. The number of rotatable bonds is 6. The molecule has 0 bridgehead atoms. The number of hydroxylamine groups is 1. The third-order valence-corrected chi connectivity index (χ3v) is 3.21. The van der Waals surface area contributed by atoms with Crippen molar-refractivity contribution < 1.29 is 14.7 Å². The minimum atomic E-state index is -0.356. The number of nitrogens with one attached hydrogen (secondary N) is 2. The second kappa shape index (κ2) is 7.84. The average Bonchev–Trinajstić information content (AvgIpc) is 2.87. The highest BCUT2D eigenvalue weighted by atomic mass is 16.7. The highest BCUT2D eigenvalue weighted by Crippen LogP contribution is 2.13. The van der Waals surface area contributed by atoms with Crippen molar-refractivity contribution in [3.63, 3.8) is 0 Å². The van der Waals surface area contributed by atoms with E-state index in [1.54, 1.807) is 0 Å². The number of amides is 2. The quantitative estimate of drug-likeness (QED) is 0.523. The zero-order chi connectivity index (χ0) is 14.2. The van der Waals surface area contributed by atoms with E-state index in [9.17, 15) is 4.79 Å². The molecule has 0 radical (unpaired) electrons. The van der Waals surface area contributed by atoms with Crippen molar-refractivity contribution in [3.05, 3.63) is 35.9 Å². The van der Waals surface area contributed by atoms with Crippen LogP contribution in [0.3, 0.4) is 0 Å². The number of carbonyl (C=O) groups excluding carboxylic acids is 1. The zero-order valence-corrected chi connectivity index (χ0v) is 11.4. The van der Waals surface area contributed by atoms with Gasteiger partial charge < -0.3 is 10.4 Å². The van der Waals surface area contributed by atoms with Crippen molar-refractivity contribution >= 4 is 6.03 Å². The van der Waals surface area contributed by atoms with Gasteiger partial charge in [0.25, 0.3) is 0 Å². The second-order valence-corrected chi connectivity index (χ2v) is 4.85. The normalized spacial score (nSPS) is 18.9. The smallest absolute Gasteiger partial charge is 0.338 e. The third-order valence-electron chi connectivity index (χ3n) is 3.21. The molecule has 1 aliphatic heterocycles. The summed E-state index contributed by atoms with van der Waals surface area (Å²) < 4.78 is 0. The summed E-state index contributed by atoms with van der Waals surface area (Å²) in [5.41, 5.74) is 3.53. The summed E-state index contributed by atoms with van der Waals surface area (Å²) in [7, 11) is 0. The maximum atomic E-state index is 11.5. The Bertz CT molecular complexity index is 413. The molecule has 6 nitrogen and oxygen atoms in total. The van der Waals surface area contributed by atoms with Gasteiger partial charge in [0, 0.05) is 25.7 Å². The van der Waals surface area contributed by atoms with E-state index in [0.717, 1.165) is 26.1 Å². The van der Waals surface area contributed by atoms with Gasteiger partial charge in [-0.05, 0) is 12.0 Å². The van der Waals surface area contributed by atoms with Crippen LogP contribution in [0.25, 0.3) is 0 Å². The summed E-state index contributed by atoms with van der Waals surface area (Å²) in [4.78, 5) is 18.6. The Morgan fingerprint density at radius 1 is 1.40 bits per heavy atom. The van der Waals surface area contributed by atoms with Crippen LogP contribution in [0.2, 0.25) is 0 Å². The molecule has 6 heteroatoms. The van der Waals surface area contributed by atoms with Crippen LogP contribution >= 0.6 is 0 Å². The summed E-state index contributed by atoms with van der Waals surface area (Å²) >= 11 is 0. The van der Waals surface area contributed by atoms with Gasteiger partial charge in [-0.3, -0.25) is 9.74 Å². The summed E-state index contributed by atoms with van der Waals surface area (Å²) in [6, 6.07) is 10.1. The van der Waals surface area contributed by atoms with Gasteiger partial charge in [0.2, 0.25) is 0 Å². The lowest BCUT2D eigenvalue weighted by molar-refractivity contribution is 0.0358. The number of nitrogens with zero attached hydrogens (tertiary/aromatic N) is 1. The fourth-order valence-electron chi connectivity index (χ4n) is 2.31. The predicted octanol–water partition coefficient (Wildman–Crippen LogP) is 0.484. The highest BCUT2D eigenvalue weighted by molar-refractivity contribution is 5.73. The van der Waals surface area contributed by atoms with Crippen LogP contribution in [0.15, 0.2) is 30.3 Å². The van der Waals surface area contributed by atoms with Crippen molar-refractivity contribution in [2.75, 3.05) is 26.3 Å². The molecular weight excluding hydrogens is 258 g/mol. The number of urea groups is 1. The van der Waals surface area contributed by atoms with Crippen molar-refractivity contribution in [1.82, 2.24) is 15.7 Å². The van der Waals surface area contributed by atoms with Gasteiger partial charge in [0.1, 0.15) is 0 Å². The molecule has 1 heterocycles. The Hall–Kier alpha value is -1.63. The van der Waals surface area contributed by atoms with Gasteiger partial charge in [-0.2, -0.15) is 0 Å². The van der Waals surface area contributed by atoms with Crippen molar-refractivity contribution in [2.45, 2.75) is 19.0 Å². The molecule has 110 valence electrons. The Labute approximate surface area is 118 Å². The maximum Gasteiger partial charge on any atom is 0.338 e. The number of benzene rings is 1. The zero-order valence-electron chi connectivity index (χ0n) is 11.4. The minimum Gasteiger partial charge on any atom is -0.394 e. The lowest BCUT2D eigenvalue weighted by Crippen LogP contribution is -2.43. The minimum absolute atomic E-state index is 0.0955. The van der Waals surface area contributed by atoms with Crippen LogP contribution in [0.5, 0.6) is 0 Å². The average molecular weight is 279 g/mol. The predicted molar refractivity (Wildman–Crippen MR) is 74.8 cm³/mol. The number of hydrogen-bond donors (Lipinski definition) is 3. The van der Waals surface area contributed by atoms with E-state index in [0.29, 0.717) is 0 Å². The molecule has 1 saturated heterocycles. The van der Waals surface area contributed by atoms with Gasteiger partial charge in [0.15, 0.2) is 0 Å². The van der Waals surface area contributed by atoms with Crippen molar-refractivity contribution in [3.8, 4) is 0 Å². The Morgan fingerprint density at radius 2 is 2.20 bits per heavy atom. The molecule has 1 aromatic carbocycles. The molecule has 1 aromatic rings. The molecule has 3 N–H and O–H groups in total. The molecule has 20 heavy (non-hydrogen) atoms. The van der Waals surface area contributed by atoms with Gasteiger partial charge in [0.05, 0.1) is 13.2 Å². The molecule has 1 unspecified atom stereocenters. The van der Waals surface area contributed by atoms with Crippen LogP contribution in [-0.4, -0.2) is 48.4 Å². The van der Waals surface area contributed by atoms with E-state index in [-0.39, 0.29) is 25.3 Å². The van der Waals surface area contributed by atoms with E-state index in [4.69, 9.17) is 9.94 Å². The van der Waals surface area contributed by atoms with Crippen LogP contribution in [-0.2, 0) is 11.4 Å². The third kappa shape index (κ3) is 4.80. The van der Waals surface area contributed by atoms with E-state index >= 15 is 0 Å². The van der Waals surface area contributed by atoms with E-state index in [1.807, 2.05) is 18.2 Å². The first-order valence-corrected chi connectivity index (χ1v) is 6.83. The molecule has 0 aromatic heterocycles. The van der Waals surface area contributed by atoms with Crippen LogP contribution < -0.4 is 10.8 Å². The number of carbonyl (C=O) groups is 1. The van der Waals surface area contributed by atoms with Crippen LogP contribution in [0.4, 0.5) is 4.79 Å². The summed E-state index contributed by atoms with van der Waals surface area (Å²) in [6.07, 6.45) is 0.931. The monoisotopic (exact) mass is 279 g/mol. The lowest BCUT2D eigenvalue weighted by Gasteiger charge is -2.17. The van der Waals surface area contributed by atoms with Crippen LogP contribution in [0, 0.1) is 0 Å². The topological polar surface area (TPSA) is 73.8 Å². The fraction of sp³-hybridized carbons (Fsp3) is 0.500. The summed E-state index contributed by atoms with van der Waals surface area (Å²) in [5.74, 6) is 0. The Morgan fingerprint density at radius 3 is 2.95 bits per heavy atom. The summed E-state index contributed by atoms with van der Waals surface area (Å²) in [5, 5.41) is 11.4. The Kier molecular flexibility index (Phi) is 5.79. The van der Waals surface area contributed by atoms with Gasteiger partial charge in [-0.25, -0.2) is 10.3 Å². The van der Waals surface area contributed by atoms with Crippen LogP contribution in [0.1, 0.15) is 12.0 Å². The first-order chi connectivity index (χ1) is 9.78. The lowest BCUT2D eigenvalue weighted by atomic mass is 10.2. The van der Waals surface area contributed by atoms with E-state index in [1.165, 1.54) is 5.56 Å². The molecule has 1 atom stereocenters. The first-order valence-electron chi connectivity index (χ1n) is 6.83. The molecule has 0 saturated carbocycles. The van der Waals surface area contributed by atoms with Crippen molar-refractivity contribution in [2.24, 2.45) is 0 Å². The molecule has 0 spiro atoms. The number of aliphatic hydroxyl groups excluding tert-OH is 1. The fourth-order valence-corrected chi connectivity index (χ4v) is 2.31. The maximum absolute atomic E-state index is 11.5. The molecule has 1 aliphatic rings. The number of likely N-dealkylation sites (tertiary alicyclic amines) is 1. The Balaban J connectivity index is 1.68. The molecule has 1 fully saturated rings. The summed E-state index contributed by atoms with van der Waals surface area (Å²) in [6.45, 7) is 2.69. The van der Waals surface area contributed by atoms with Crippen molar-refractivity contribution in [1.29, 1.82) is 0 Å². The van der Waals surface area contributed by atoms with E-state index in [2.05, 4.69) is 27.8 Å². The van der Waals surface area contributed by atoms with E-state index < -0.39 is 0 Å². The molecule has 2 rings (SSSR count). The van der Waals surface area contributed by atoms with Gasteiger partial charge >= 0.3 is 6.03 Å². The largest absolute Gasteiger partial charge is 0.394 e.